The Bertz CT molecular complexity index is 1360. The number of aromatic nitrogens is 6. The van der Waals surface area contributed by atoms with Gasteiger partial charge in [0.2, 0.25) is 0 Å². The lowest BCUT2D eigenvalue weighted by molar-refractivity contribution is 0.916. The molecule has 0 unspecified atom stereocenters. The molecule has 0 spiro atoms. The first kappa shape index (κ1) is 16.6. The summed E-state index contributed by atoms with van der Waals surface area (Å²) in [5, 5.41) is 5.69. The minimum atomic E-state index is 0.714. The Labute approximate surface area is 162 Å². The highest BCUT2D eigenvalue weighted by Gasteiger charge is 2.20. The van der Waals surface area contributed by atoms with Crippen LogP contribution in [0.25, 0.3) is 33.9 Å². The second-order valence-electron chi connectivity index (χ2n) is 7.14. The van der Waals surface area contributed by atoms with E-state index in [1.807, 2.05) is 37.3 Å². The molecule has 0 N–H and O–H groups in total. The third-order valence-electron chi connectivity index (χ3n) is 5.32. The van der Waals surface area contributed by atoms with Gasteiger partial charge < -0.3 is 0 Å². The van der Waals surface area contributed by atoms with Crippen molar-refractivity contribution in [3.05, 3.63) is 71.3 Å². The van der Waals surface area contributed by atoms with Gasteiger partial charge in [0.15, 0.2) is 17.1 Å². The molecule has 5 aromatic rings. The van der Waals surface area contributed by atoms with Crippen molar-refractivity contribution in [2.24, 2.45) is 0 Å². The van der Waals surface area contributed by atoms with E-state index in [9.17, 15) is 0 Å². The van der Waals surface area contributed by atoms with Crippen LogP contribution in [-0.4, -0.2) is 29.1 Å². The van der Waals surface area contributed by atoms with Crippen molar-refractivity contribution in [2.75, 3.05) is 0 Å². The Morgan fingerprint density at radius 2 is 1.64 bits per heavy atom. The molecule has 138 valence electrons. The van der Waals surface area contributed by atoms with Crippen LogP contribution in [0.2, 0.25) is 0 Å². The van der Waals surface area contributed by atoms with E-state index in [1.54, 1.807) is 10.8 Å². The molecule has 0 saturated carbocycles. The first-order valence-corrected chi connectivity index (χ1v) is 9.27. The highest BCUT2D eigenvalue weighted by Crippen LogP contribution is 2.30. The number of hydrogen-bond donors (Lipinski definition) is 0. The summed E-state index contributed by atoms with van der Waals surface area (Å²) in [6.07, 6.45) is 1.73. The maximum atomic E-state index is 4.88. The lowest BCUT2D eigenvalue weighted by atomic mass is 10.1. The van der Waals surface area contributed by atoms with Crippen molar-refractivity contribution in [2.45, 2.75) is 27.7 Å². The summed E-state index contributed by atoms with van der Waals surface area (Å²) in [5.41, 5.74) is 7.07. The summed E-state index contributed by atoms with van der Waals surface area (Å²) in [4.78, 5) is 14.3. The monoisotopic (exact) mass is 368 g/mol. The number of pyridine rings is 1. The van der Waals surface area contributed by atoms with Crippen molar-refractivity contribution in [1.29, 1.82) is 0 Å². The standard InChI is InChI=1S/C22H20N6/c1-13-8-5-6-10-17(13)20-25-22-19-15(3)16(4)28(18-11-7-9-14(2)24-18)21(19)23-12-27(22)26-20/h5-12H,1-4H3. The fraction of sp³-hybridized carbons (Fsp3) is 0.182. The van der Waals surface area contributed by atoms with Gasteiger partial charge in [-0.05, 0) is 51.0 Å². The SMILES string of the molecule is Cc1cccc(-n2c(C)c(C)c3c2ncn2nc(-c4ccccc4C)nc32)n1. The van der Waals surface area contributed by atoms with Crippen molar-refractivity contribution in [1.82, 2.24) is 29.1 Å². The molecule has 6 heteroatoms. The van der Waals surface area contributed by atoms with Crippen LogP contribution in [0.3, 0.4) is 0 Å². The predicted octanol–water partition coefficient (Wildman–Crippen LogP) is 4.36. The lowest BCUT2D eigenvalue weighted by Crippen LogP contribution is -2.02. The van der Waals surface area contributed by atoms with E-state index in [0.29, 0.717) is 5.82 Å². The smallest absolute Gasteiger partial charge is 0.182 e. The maximum absolute atomic E-state index is 4.88. The van der Waals surface area contributed by atoms with Gasteiger partial charge >= 0.3 is 0 Å². The molecule has 4 heterocycles. The lowest BCUT2D eigenvalue weighted by Gasteiger charge is -2.07. The van der Waals surface area contributed by atoms with Crippen LogP contribution in [-0.2, 0) is 0 Å². The van der Waals surface area contributed by atoms with Crippen molar-refractivity contribution < 1.29 is 0 Å². The Kier molecular flexibility index (Phi) is 3.55. The zero-order valence-electron chi connectivity index (χ0n) is 16.3. The highest BCUT2D eigenvalue weighted by atomic mass is 15.3. The van der Waals surface area contributed by atoms with Gasteiger partial charge in [0, 0.05) is 17.0 Å². The van der Waals surface area contributed by atoms with Crippen molar-refractivity contribution in [3.8, 4) is 17.2 Å². The Morgan fingerprint density at radius 3 is 2.43 bits per heavy atom. The number of rotatable bonds is 2. The molecule has 0 aliphatic heterocycles. The van der Waals surface area contributed by atoms with E-state index in [0.717, 1.165) is 50.6 Å². The minimum absolute atomic E-state index is 0.714. The van der Waals surface area contributed by atoms with Gasteiger partial charge in [-0.25, -0.2) is 19.5 Å². The summed E-state index contributed by atoms with van der Waals surface area (Å²) >= 11 is 0. The average Bonchev–Trinajstić information content (AvgIpc) is 3.21. The van der Waals surface area contributed by atoms with E-state index < -0.39 is 0 Å². The summed E-state index contributed by atoms with van der Waals surface area (Å²) < 4.78 is 3.87. The third kappa shape index (κ3) is 2.34. The molecule has 0 aliphatic rings. The molecule has 0 aliphatic carbocycles. The minimum Gasteiger partial charge on any atom is -0.282 e. The fourth-order valence-corrected chi connectivity index (χ4v) is 3.73. The van der Waals surface area contributed by atoms with Gasteiger partial charge in [0.1, 0.15) is 12.1 Å². The molecule has 0 radical (unpaired) electrons. The normalized spacial score (nSPS) is 11.6. The molecule has 0 amide bonds. The van der Waals surface area contributed by atoms with Gasteiger partial charge in [-0.3, -0.25) is 4.57 Å². The quantitative estimate of drug-likeness (QED) is 0.464. The van der Waals surface area contributed by atoms with Crippen LogP contribution >= 0.6 is 0 Å². The first-order chi connectivity index (χ1) is 13.5. The zero-order chi connectivity index (χ0) is 19.4. The topological polar surface area (TPSA) is 60.9 Å². The van der Waals surface area contributed by atoms with Crippen LogP contribution < -0.4 is 0 Å². The van der Waals surface area contributed by atoms with E-state index >= 15 is 0 Å². The fourth-order valence-electron chi connectivity index (χ4n) is 3.73. The maximum Gasteiger partial charge on any atom is 0.182 e. The van der Waals surface area contributed by atoms with Crippen molar-refractivity contribution in [3.63, 3.8) is 0 Å². The summed E-state index contributed by atoms with van der Waals surface area (Å²) in [6.45, 7) is 8.27. The number of fused-ring (bicyclic) bond motifs is 3. The van der Waals surface area contributed by atoms with E-state index in [-0.39, 0.29) is 0 Å². The van der Waals surface area contributed by atoms with Crippen LogP contribution in [0.1, 0.15) is 22.5 Å². The number of nitrogens with zero attached hydrogens (tertiary/aromatic N) is 6. The molecule has 4 aromatic heterocycles. The zero-order valence-corrected chi connectivity index (χ0v) is 16.3. The van der Waals surface area contributed by atoms with Crippen LogP contribution in [0, 0.1) is 27.7 Å². The second-order valence-corrected chi connectivity index (χ2v) is 7.14. The summed E-state index contributed by atoms with van der Waals surface area (Å²) in [5.74, 6) is 1.58. The van der Waals surface area contributed by atoms with Gasteiger partial charge in [0.05, 0.1) is 5.39 Å². The number of benzene rings is 1. The largest absolute Gasteiger partial charge is 0.282 e. The third-order valence-corrected chi connectivity index (χ3v) is 5.32. The Morgan fingerprint density at radius 1 is 0.821 bits per heavy atom. The molecule has 0 bridgehead atoms. The molecular formula is C22H20N6. The molecule has 0 atom stereocenters. The molecule has 1 aromatic carbocycles. The molecule has 6 nitrogen and oxygen atoms in total. The van der Waals surface area contributed by atoms with E-state index in [4.69, 9.17) is 15.0 Å². The van der Waals surface area contributed by atoms with Crippen LogP contribution in [0.15, 0.2) is 48.8 Å². The predicted molar refractivity (Wildman–Crippen MR) is 110 cm³/mol. The Balaban J connectivity index is 1.82. The molecule has 0 fully saturated rings. The van der Waals surface area contributed by atoms with Crippen molar-refractivity contribution >= 4 is 16.7 Å². The van der Waals surface area contributed by atoms with Gasteiger partial charge in [-0.2, -0.15) is 0 Å². The van der Waals surface area contributed by atoms with Gasteiger partial charge in [-0.1, -0.05) is 30.3 Å². The van der Waals surface area contributed by atoms with Crippen LogP contribution in [0.5, 0.6) is 0 Å². The first-order valence-electron chi connectivity index (χ1n) is 9.27. The molecule has 5 rings (SSSR count). The summed E-state index contributed by atoms with van der Waals surface area (Å²) in [6, 6.07) is 14.2. The van der Waals surface area contributed by atoms with E-state index in [2.05, 4.69) is 42.6 Å². The van der Waals surface area contributed by atoms with E-state index in [1.165, 1.54) is 0 Å². The number of hydrogen-bond acceptors (Lipinski definition) is 4. The summed E-state index contributed by atoms with van der Waals surface area (Å²) in [7, 11) is 0. The second kappa shape index (κ2) is 5.99. The Hall–Kier alpha value is -3.54. The molecular weight excluding hydrogens is 348 g/mol. The molecule has 0 saturated heterocycles. The van der Waals surface area contributed by atoms with Crippen LogP contribution in [0.4, 0.5) is 0 Å². The van der Waals surface area contributed by atoms with Gasteiger partial charge in [-0.15, -0.1) is 5.10 Å². The highest BCUT2D eigenvalue weighted by molar-refractivity contribution is 5.95. The average molecular weight is 368 g/mol. The molecule has 28 heavy (non-hydrogen) atoms. The number of aryl methyl sites for hydroxylation is 3. The van der Waals surface area contributed by atoms with Gasteiger partial charge in [0.25, 0.3) is 0 Å².